The van der Waals surface area contributed by atoms with E-state index in [0.29, 0.717) is 6.54 Å². The molecule has 0 saturated carbocycles. The van der Waals surface area contributed by atoms with Crippen molar-refractivity contribution in [2.45, 2.75) is 0 Å². The summed E-state index contributed by atoms with van der Waals surface area (Å²) in [4.78, 5) is 23.8. The summed E-state index contributed by atoms with van der Waals surface area (Å²) >= 11 is 1.63. The van der Waals surface area contributed by atoms with Crippen molar-refractivity contribution in [3.8, 4) is 0 Å². The fraction of sp³-hybridized carbons (Fsp3) is 0.400. The van der Waals surface area contributed by atoms with Crippen molar-refractivity contribution in [1.82, 2.24) is 4.90 Å². The molecule has 0 aliphatic rings. The third kappa shape index (κ3) is 3.03. The van der Waals surface area contributed by atoms with Crippen LogP contribution in [-0.2, 0) is 0 Å². The lowest BCUT2D eigenvalue weighted by atomic mass is 10.4. The summed E-state index contributed by atoms with van der Waals surface area (Å²) in [6.07, 6.45) is 1.95. The highest BCUT2D eigenvalue weighted by molar-refractivity contribution is 7.98. The fourth-order valence-electron chi connectivity index (χ4n) is 1.09. The van der Waals surface area contributed by atoms with Gasteiger partial charge in [-0.05, 0) is 18.4 Å². The van der Waals surface area contributed by atoms with Crippen molar-refractivity contribution < 1.29 is 19.1 Å². The maximum atomic E-state index is 11.7. The number of carbonyl (C=O) groups is 2. The fourth-order valence-corrected chi connectivity index (χ4v) is 1.54. The zero-order valence-electron chi connectivity index (χ0n) is 9.10. The van der Waals surface area contributed by atoms with Gasteiger partial charge in [-0.2, -0.15) is 11.8 Å². The predicted molar refractivity (Wildman–Crippen MR) is 61.0 cm³/mol. The van der Waals surface area contributed by atoms with Crippen LogP contribution in [0.3, 0.4) is 0 Å². The summed E-state index contributed by atoms with van der Waals surface area (Å²) < 4.78 is 4.91. The Bertz CT molecular complexity index is 388. The third-order valence-corrected chi connectivity index (χ3v) is 2.60. The zero-order chi connectivity index (χ0) is 12.1. The maximum Gasteiger partial charge on any atom is 0.371 e. The third-order valence-electron chi connectivity index (χ3n) is 2.01. The lowest BCUT2D eigenvalue weighted by Gasteiger charge is -2.14. The van der Waals surface area contributed by atoms with Gasteiger partial charge in [0.15, 0.2) is 5.76 Å². The van der Waals surface area contributed by atoms with Crippen LogP contribution in [0.25, 0.3) is 0 Å². The molecule has 0 aliphatic carbocycles. The van der Waals surface area contributed by atoms with Crippen molar-refractivity contribution in [2.24, 2.45) is 0 Å². The Morgan fingerprint density at radius 3 is 2.56 bits per heavy atom. The molecule has 1 rings (SSSR count). The van der Waals surface area contributed by atoms with Crippen LogP contribution in [0, 0.1) is 0 Å². The topological polar surface area (TPSA) is 70.8 Å². The van der Waals surface area contributed by atoms with Crippen molar-refractivity contribution in [1.29, 1.82) is 0 Å². The number of hydrogen-bond donors (Lipinski definition) is 1. The van der Waals surface area contributed by atoms with Gasteiger partial charge >= 0.3 is 5.97 Å². The van der Waals surface area contributed by atoms with Crippen LogP contribution in [-0.4, -0.2) is 47.5 Å². The van der Waals surface area contributed by atoms with Crippen LogP contribution in [0.2, 0.25) is 0 Å². The van der Waals surface area contributed by atoms with E-state index in [4.69, 9.17) is 9.52 Å². The highest BCUT2D eigenvalue weighted by atomic mass is 32.2. The first-order chi connectivity index (χ1) is 7.56. The maximum absolute atomic E-state index is 11.7. The van der Waals surface area contributed by atoms with Crippen molar-refractivity contribution in [2.75, 3.05) is 25.6 Å². The molecular weight excluding hydrogens is 230 g/mol. The SMILES string of the molecule is CSCCN(C)C(=O)c1ccc(C(=O)O)o1. The van der Waals surface area contributed by atoms with Crippen LogP contribution in [0.1, 0.15) is 21.1 Å². The minimum atomic E-state index is -1.18. The molecule has 0 radical (unpaired) electrons. The van der Waals surface area contributed by atoms with Gasteiger partial charge in [-0.1, -0.05) is 0 Å². The van der Waals surface area contributed by atoms with Gasteiger partial charge in [0.25, 0.3) is 5.91 Å². The molecule has 0 aliphatic heterocycles. The van der Waals surface area contributed by atoms with E-state index in [1.165, 1.54) is 17.0 Å². The van der Waals surface area contributed by atoms with Gasteiger partial charge < -0.3 is 14.4 Å². The Balaban J connectivity index is 2.68. The van der Waals surface area contributed by atoms with Crippen molar-refractivity contribution in [3.05, 3.63) is 23.7 Å². The minimum absolute atomic E-state index is 0.0565. The van der Waals surface area contributed by atoms with E-state index in [9.17, 15) is 9.59 Å². The smallest absolute Gasteiger partial charge is 0.371 e. The molecule has 1 N–H and O–H groups in total. The Labute approximate surface area is 97.4 Å². The molecular formula is C10H13NO4S. The van der Waals surface area contributed by atoms with Crippen LogP contribution in [0.5, 0.6) is 0 Å². The first-order valence-electron chi connectivity index (χ1n) is 4.63. The van der Waals surface area contributed by atoms with Gasteiger partial charge in [0, 0.05) is 19.3 Å². The Morgan fingerprint density at radius 2 is 2.06 bits per heavy atom. The minimum Gasteiger partial charge on any atom is -0.475 e. The molecule has 1 aromatic heterocycles. The van der Waals surface area contributed by atoms with Crippen LogP contribution >= 0.6 is 11.8 Å². The molecule has 1 aromatic rings. The first kappa shape index (κ1) is 12.6. The summed E-state index contributed by atoms with van der Waals surface area (Å²) in [5.41, 5.74) is 0. The van der Waals surface area contributed by atoms with Gasteiger partial charge in [0.05, 0.1) is 0 Å². The van der Waals surface area contributed by atoms with E-state index in [0.717, 1.165) is 5.75 Å². The Kier molecular flexibility index (Phi) is 4.42. The molecule has 5 nitrogen and oxygen atoms in total. The molecule has 6 heteroatoms. The second-order valence-corrected chi connectivity index (χ2v) is 4.17. The largest absolute Gasteiger partial charge is 0.475 e. The standard InChI is InChI=1S/C10H13NO4S/c1-11(5-6-16-2)9(12)7-3-4-8(15-7)10(13)14/h3-4H,5-6H2,1-2H3,(H,13,14). The number of furan rings is 1. The van der Waals surface area contributed by atoms with Gasteiger partial charge in [0.2, 0.25) is 5.76 Å². The van der Waals surface area contributed by atoms with Gasteiger partial charge in [-0.25, -0.2) is 4.79 Å². The molecule has 1 amide bonds. The van der Waals surface area contributed by atoms with E-state index >= 15 is 0 Å². The molecule has 1 heterocycles. The van der Waals surface area contributed by atoms with E-state index < -0.39 is 5.97 Å². The number of amides is 1. The van der Waals surface area contributed by atoms with Gasteiger partial charge in [0.1, 0.15) is 0 Å². The summed E-state index contributed by atoms with van der Waals surface area (Å²) in [5, 5.41) is 8.64. The second kappa shape index (κ2) is 5.60. The second-order valence-electron chi connectivity index (χ2n) is 3.19. The molecule has 0 saturated heterocycles. The van der Waals surface area contributed by atoms with E-state index in [1.54, 1.807) is 18.8 Å². The lowest BCUT2D eigenvalue weighted by molar-refractivity contribution is 0.0654. The monoisotopic (exact) mass is 243 g/mol. The van der Waals surface area contributed by atoms with Gasteiger partial charge in [-0.15, -0.1) is 0 Å². The average molecular weight is 243 g/mol. The number of rotatable bonds is 5. The molecule has 0 fully saturated rings. The quantitative estimate of drug-likeness (QED) is 0.846. The average Bonchev–Trinajstić information content (AvgIpc) is 2.74. The molecule has 0 spiro atoms. The van der Waals surface area contributed by atoms with Crippen molar-refractivity contribution in [3.63, 3.8) is 0 Å². The summed E-state index contributed by atoms with van der Waals surface area (Å²) in [6, 6.07) is 2.65. The molecule has 0 aromatic carbocycles. The molecule has 0 atom stereocenters. The number of hydrogen-bond acceptors (Lipinski definition) is 4. The van der Waals surface area contributed by atoms with Crippen molar-refractivity contribution >= 4 is 23.6 Å². The van der Waals surface area contributed by atoms with Crippen LogP contribution in [0.15, 0.2) is 16.5 Å². The number of carbonyl (C=O) groups excluding carboxylic acids is 1. The first-order valence-corrected chi connectivity index (χ1v) is 6.03. The molecule has 0 unspecified atom stereocenters. The number of carboxylic acids is 1. The number of aromatic carboxylic acids is 1. The normalized spacial score (nSPS) is 10.1. The van der Waals surface area contributed by atoms with Crippen LogP contribution in [0.4, 0.5) is 0 Å². The van der Waals surface area contributed by atoms with E-state index in [2.05, 4.69) is 0 Å². The Morgan fingerprint density at radius 1 is 1.44 bits per heavy atom. The highest BCUT2D eigenvalue weighted by Gasteiger charge is 2.17. The summed E-state index contributed by atoms with van der Waals surface area (Å²) in [5.74, 6) is -0.815. The molecule has 88 valence electrons. The lowest BCUT2D eigenvalue weighted by Crippen LogP contribution is -2.28. The zero-order valence-corrected chi connectivity index (χ0v) is 9.91. The van der Waals surface area contributed by atoms with E-state index in [1.807, 2.05) is 6.26 Å². The Hall–Kier alpha value is -1.43. The number of carboxylic acid groups (broad SMARTS) is 1. The highest BCUT2D eigenvalue weighted by Crippen LogP contribution is 2.10. The van der Waals surface area contributed by atoms with Crippen LogP contribution < -0.4 is 0 Å². The van der Waals surface area contributed by atoms with Gasteiger partial charge in [-0.3, -0.25) is 4.79 Å². The van der Waals surface area contributed by atoms with E-state index in [-0.39, 0.29) is 17.4 Å². The molecule has 0 bridgehead atoms. The molecule has 16 heavy (non-hydrogen) atoms. The predicted octanol–water partition coefficient (Wildman–Crippen LogP) is 1.41. The summed E-state index contributed by atoms with van der Waals surface area (Å²) in [7, 11) is 1.65. The number of thioether (sulfide) groups is 1. The summed E-state index contributed by atoms with van der Waals surface area (Å²) in [6.45, 7) is 0.600. The number of nitrogens with zero attached hydrogens (tertiary/aromatic N) is 1.